The van der Waals surface area contributed by atoms with Crippen LogP contribution in [0.3, 0.4) is 0 Å². The van der Waals surface area contributed by atoms with Gasteiger partial charge >= 0.3 is 5.97 Å². The molecule has 1 amide bonds. The first kappa shape index (κ1) is 17.3. The monoisotopic (exact) mass is 355 g/mol. The minimum atomic E-state index is -0.608. The molecule has 8 nitrogen and oxygen atoms in total. The van der Waals surface area contributed by atoms with Gasteiger partial charge in [0.1, 0.15) is 12.3 Å². The number of primary amides is 1. The van der Waals surface area contributed by atoms with Crippen LogP contribution in [0, 0.1) is 0 Å². The van der Waals surface area contributed by atoms with E-state index in [4.69, 9.17) is 19.9 Å². The Morgan fingerprint density at radius 1 is 1.19 bits per heavy atom. The minimum absolute atomic E-state index is 0.0444. The zero-order valence-corrected chi connectivity index (χ0v) is 14.0. The molecule has 2 aromatic heterocycles. The van der Waals surface area contributed by atoms with Gasteiger partial charge in [-0.15, -0.1) is 0 Å². The fourth-order valence-corrected chi connectivity index (χ4v) is 2.34. The van der Waals surface area contributed by atoms with E-state index in [-0.39, 0.29) is 18.8 Å². The molecule has 0 aliphatic heterocycles. The van der Waals surface area contributed by atoms with Crippen molar-refractivity contribution in [3.05, 3.63) is 60.0 Å². The Hall–Kier alpha value is -3.55. The molecule has 8 heteroatoms. The predicted octanol–water partition coefficient (Wildman–Crippen LogP) is 1.56. The number of rotatable bonds is 7. The molecule has 3 aromatic rings. The summed E-state index contributed by atoms with van der Waals surface area (Å²) in [6.45, 7) is -0.239. The standard InChI is InChI=1S/C18H17N3O5/c1-24-15-8-12(5-6-14(15)25-11-16(19)22)18(23)26-10-13-9-21-7-3-2-4-17(21)20-13/h2-9H,10-11H2,1H3,(H2,19,22). The van der Waals surface area contributed by atoms with Crippen LogP contribution in [-0.2, 0) is 16.1 Å². The maximum atomic E-state index is 12.3. The third-order valence-electron chi connectivity index (χ3n) is 3.53. The highest BCUT2D eigenvalue weighted by Gasteiger charge is 2.14. The van der Waals surface area contributed by atoms with E-state index < -0.39 is 11.9 Å². The van der Waals surface area contributed by atoms with Crippen molar-refractivity contribution in [3.63, 3.8) is 0 Å². The largest absolute Gasteiger partial charge is 0.493 e. The summed E-state index contributed by atoms with van der Waals surface area (Å²) in [6, 6.07) is 10.1. The van der Waals surface area contributed by atoms with Crippen LogP contribution in [0.15, 0.2) is 48.8 Å². The molecule has 0 radical (unpaired) electrons. The van der Waals surface area contributed by atoms with E-state index in [1.54, 1.807) is 6.20 Å². The number of carbonyl (C=O) groups excluding carboxylic acids is 2. The first-order chi connectivity index (χ1) is 12.6. The minimum Gasteiger partial charge on any atom is -0.493 e. The van der Waals surface area contributed by atoms with E-state index in [9.17, 15) is 9.59 Å². The van der Waals surface area contributed by atoms with Crippen LogP contribution in [0.1, 0.15) is 16.1 Å². The van der Waals surface area contributed by atoms with Gasteiger partial charge in [0.15, 0.2) is 18.1 Å². The van der Waals surface area contributed by atoms with Crippen LogP contribution < -0.4 is 15.2 Å². The van der Waals surface area contributed by atoms with E-state index in [1.807, 2.05) is 28.8 Å². The van der Waals surface area contributed by atoms with E-state index in [0.29, 0.717) is 17.2 Å². The summed E-state index contributed by atoms with van der Waals surface area (Å²) in [5, 5.41) is 0. The molecule has 134 valence electrons. The lowest BCUT2D eigenvalue weighted by Gasteiger charge is -2.11. The van der Waals surface area contributed by atoms with Gasteiger partial charge in [0.05, 0.1) is 18.4 Å². The van der Waals surface area contributed by atoms with Crippen LogP contribution >= 0.6 is 0 Å². The third kappa shape index (κ3) is 3.92. The Labute approximate surface area is 149 Å². The lowest BCUT2D eigenvalue weighted by molar-refractivity contribution is -0.119. The summed E-state index contributed by atoms with van der Waals surface area (Å²) >= 11 is 0. The summed E-state index contributed by atoms with van der Waals surface area (Å²) in [5.41, 5.74) is 6.75. The lowest BCUT2D eigenvalue weighted by atomic mass is 10.2. The zero-order valence-electron chi connectivity index (χ0n) is 14.0. The van der Waals surface area contributed by atoms with Crippen molar-refractivity contribution in [2.45, 2.75) is 6.61 Å². The highest BCUT2D eigenvalue weighted by molar-refractivity contribution is 5.90. The second-order valence-electron chi connectivity index (χ2n) is 5.40. The number of ether oxygens (including phenoxy) is 3. The van der Waals surface area contributed by atoms with Crippen LogP contribution in [0.5, 0.6) is 11.5 Å². The molecule has 26 heavy (non-hydrogen) atoms. The normalized spacial score (nSPS) is 10.5. The van der Waals surface area contributed by atoms with Crippen molar-refractivity contribution in [3.8, 4) is 11.5 Å². The predicted molar refractivity (Wildman–Crippen MR) is 92.0 cm³/mol. The highest BCUT2D eigenvalue weighted by Crippen LogP contribution is 2.28. The maximum absolute atomic E-state index is 12.3. The number of nitrogens with zero attached hydrogens (tertiary/aromatic N) is 2. The molecule has 0 spiro atoms. The topological polar surface area (TPSA) is 105 Å². The lowest BCUT2D eigenvalue weighted by Crippen LogP contribution is -2.20. The number of pyridine rings is 1. The molecule has 2 N–H and O–H groups in total. The Bertz CT molecular complexity index is 918. The smallest absolute Gasteiger partial charge is 0.338 e. The van der Waals surface area contributed by atoms with Crippen molar-refractivity contribution < 1.29 is 23.8 Å². The number of methoxy groups -OCH3 is 1. The van der Waals surface area contributed by atoms with Gasteiger partial charge in [-0.1, -0.05) is 6.07 Å². The second-order valence-corrected chi connectivity index (χ2v) is 5.40. The van der Waals surface area contributed by atoms with Gasteiger partial charge in [-0.3, -0.25) is 4.79 Å². The number of carbonyl (C=O) groups is 2. The number of aromatic nitrogens is 2. The first-order valence-corrected chi connectivity index (χ1v) is 7.75. The SMILES string of the molecule is COc1cc(C(=O)OCc2cn3ccccc3n2)ccc1OCC(N)=O. The van der Waals surface area contributed by atoms with Crippen molar-refractivity contribution in [1.29, 1.82) is 0 Å². The number of fused-ring (bicyclic) bond motifs is 1. The second kappa shape index (κ2) is 7.56. The highest BCUT2D eigenvalue weighted by atomic mass is 16.5. The summed E-state index contributed by atoms with van der Waals surface area (Å²) in [6.07, 6.45) is 3.66. The van der Waals surface area contributed by atoms with Crippen LogP contribution in [0.2, 0.25) is 0 Å². The van der Waals surface area contributed by atoms with Gasteiger partial charge in [-0.2, -0.15) is 0 Å². The van der Waals surface area contributed by atoms with Gasteiger partial charge in [-0.25, -0.2) is 9.78 Å². The average Bonchev–Trinajstić information content (AvgIpc) is 3.07. The van der Waals surface area contributed by atoms with Crippen molar-refractivity contribution in [2.24, 2.45) is 5.73 Å². The van der Waals surface area contributed by atoms with Crippen molar-refractivity contribution in [2.75, 3.05) is 13.7 Å². The Balaban J connectivity index is 1.67. The fourth-order valence-electron chi connectivity index (χ4n) is 2.34. The number of esters is 1. The molecule has 0 aliphatic carbocycles. The van der Waals surface area contributed by atoms with Gasteiger partial charge in [-0.05, 0) is 30.3 Å². The number of amides is 1. The number of hydrogen-bond donors (Lipinski definition) is 1. The molecular weight excluding hydrogens is 338 g/mol. The maximum Gasteiger partial charge on any atom is 0.338 e. The fraction of sp³-hybridized carbons (Fsp3) is 0.167. The van der Waals surface area contributed by atoms with Crippen molar-refractivity contribution >= 4 is 17.5 Å². The molecule has 0 fully saturated rings. The zero-order chi connectivity index (χ0) is 18.5. The summed E-state index contributed by atoms with van der Waals surface area (Å²) < 4.78 is 17.5. The number of hydrogen-bond acceptors (Lipinski definition) is 6. The summed E-state index contributed by atoms with van der Waals surface area (Å²) in [7, 11) is 1.43. The Kier molecular flexibility index (Phi) is 5.02. The Morgan fingerprint density at radius 3 is 2.77 bits per heavy atom. The van der Waals surface area contributed by atoms with Crippen molar-refractivity contribution in [1.82, 2.24) is 9.38 Å². The van der Waals surface area contributed by atoms with Crippen LogP contribution in [0.4, 0.5) is 0 Å². The van der Waals surface area contributed by atoms with E-state index in [0.717, 1.165) is 5.65 Å². The van der Waals surface area contributed by atoms with Crippen LogP contribution in [-0.4, -0.2) is 35.0 Å². The van der Waals surface area contributed by atoms with E-state index >= 15 is 0 Å². The Morgan fingerprint density at radius 2 is 2.04 bits per heavy atom. The molecule has 0 atom stereocenters. The van der Waals surface area contributed by atoms with E-state index in [1.165, 1.54) is 25.3 Å². The van der Waals surface area contributed by atoms with Gasteiger partial charge < -0.3 is 24.3 Å². The quantitative estimate of drug-likeness (QED) is 0.645. The molecule has 0 bridgehead atoms. The summed E-state index contributed by atoms with van der Waals surface area (Å²) in [4.78, 5) is 27.4. The summed E-state index contributed by atoms with van der Waals surface area (Å²) in [5.74, 6) is -0.526. The third-order valence-corrected chi connectivity index (χ3v) is 3.53. The molecule has 0 saturated carbocycles. The number of imidazole rings is 1. The van der Waals surface area contributed by atoms with Gasteiger partial charge in [0.25, 0.3) is 5.91 Å². The molecule has 3 rings (SSSR count). The van der Waals surface area contributed by atoms with Gasteiger partial charge in [0, 0.05) is 12.4 Å². The average molecular weight is 355 g/mol. The molecule has 2 heterocycles. The molecule has 1 aromatic carbocycles. The molecular formula is C18H17N3O5. The number of benzene rings is 1. The number of nitrogens with two attached hydrogens (primary N) is 1. The van der Waals surface area contributed by atoms with Gasteiger partial charge in [0.2, 0.25) is 0 Å². The van der Waals surface area contributed by atoms with E-state index in [2.05, 4.69) is 4.98 Å². The first-order valence-electron chi connectivity index (χ1n) is 7.75. The van der Waals surface area contributed by atoms with Crippen LogP contribution in [0.25, 0.3) is 5.65 Å². The molecule has 0 saturated heterocycles. The molecule has 0 aliphatic rings. The molecule has 0 unspecified atom stereocenters.